The zero-order chi connectivity index (χ0) is 40.5. The molecule has 0 aliphatic rings. The van der Waals surface area contributed by atoms with Gasteiger partial charge in [-0.05, 0) is 75.9 Å². The lowest BCUT2D eigenvalue weighted by molar-refractivity contribution is -0.198. The number of sulfonamides is 1. The highest BCUT2D eigenvalue weighted by atomic mass is 32.2. The molecular formula is C45H55NO8SSi. The molecule has 298 valence electrons. The van der Waals surface area contributed by atoms with Crippen LogP contribution in [0.1, 0.15) is 37.5 Å². The van der Waals surface area contributed by atoms with Crippen LogP contribution in [-0.4, -0.2) is 62.6 Å². The summed E-state index contributed by atoms with van der Waals surface area (Å²) in [5.41, 5.74) is 2.80. The second-order valence-electron chi connectivity index (χ2n) is 15.2. The standard InChI is InChI=1S/C45H55NO8SSi/c1-32(39-29-37(49-5)25-27-40(39)54-56(8,9)45(2,3)4)42(52-30-33-18-12-10-13-19-33)41(43(44(50-6)51-7)53-31-34-20-14-11-15-21-34)46-55(47,48)38-26-24-35-22-16-17-23-36(35)28-38/h10-29,41-44,46H,1,30-31H2,2-9H3/t41-,42+,43+/m1/s1. The van der Waals surface area contributed by atoms with Crippen molar-refractivity contribution < 1.29 is 36.5 Å². The molecule has 1 N–H and O–H groups in total. The van der Waals surface area contributed by atoms with Crippen molar-refractivity contribution in [2.75, 3.05) is 21.3 Å². The van der Waals surface area contributed by atoms with E-state index in [0.29, 0.717) is 22.6 Å². The predicted octanol–water partition coefficient (Wildman–Crippen LogP) is 9.38. The minimum absolute atomic E-state index is 0.0742. The van der Waals surface area contributed by atoms with Crippen LogP contribution in [-0.2, 0) is 42.2 Å². The number of fused-ring (bicyclic) bond motifs is 1. The summed E-state index contributed by atoms with van der Waals surface area (Å²) in [6, 6.07) is 36.3. The molecule has 0 aliphatic carbocycles. The number of nitrogens with one attached hydrogen (secondary N) is 1. The van der Waals surface area contributed by atoms with Gasteiger partial charge in [-0.2, -0.15) is 0 Å². The quantitative estimate of drug-likeness (QED) is 0.0652. The summed E-state index contributed by atoms with van der Waals surface area (Å²) in [4.78, 5) is 0.0742. The molecule has 56 heavy (non-hydrogen) atoms. The molecule has 0 saturated carbocycles. The lowest BCUT2D eigenvalue weighted by Crippen LogP contribution is -2.57. The van der Waals surface area contributed by atoms with Crippen LogP contribution in [0.25, 0.3) is 16.3 Å². The van der Waals surface area contributed by atoms with E-state index < -0.39 is 42.9 Å². The highest BCUT2D eigenvalue weighted by molar-refractivity contribution is 7.89. The third-order valence-corrected chi connectivity index (χ3v) is 16.1. The van der Waals surface area contributed by atoms with Gasteiger partial charge < -0.3 is 28.1 Å². The first-order valence-corrected chi connectivity index (χ1v) is 23.0. The van der Waals surface area contributed by atoms with E-state index in [4.69, 9.17) is 28.1 Å². The fourth-order valence-electron chi connectivity index (χ4n) is 6.10. The van der Waals surface area contributed by atoms with Crippen molar-refractivity contribution in [2.24, 2.45) is 0 Å². The molecule has 3 atom stereocenters. The third kappa shape index (κ3) is 10.5. The van der Waals surface area contributed by atoms with Crippen LogP contribution in [0.15, 0.2) is 133 Å². The van der Waals surface area contributed by atoms with Crippen molar-refractivity contribution in [3.05, 3.63) is 145 Å². The number of benzene rings is 5. The van der Waals surface area contributed by atoms with Crippen LogP contribution < -0.4 is 13.9 Å². The first-order valence-electron chi connectivity index (χ1n) is 18.6. The van der Waals surface area contributed by atoms with E-state index in [2.05, 4.69) is 45.2 Å². The summed E-state index contributed by atoms with van der Waals surface area (Å²) in [6.45, 7) is 15.7. The topological polar surface area (TPSA) is 102 Å². The lowest BCUT2D eigenvalue weighted by Gasteiger charge is -2.39. The lowest BCUT2D eigenvalue weighted by atomic mass is 9.92. The molecule has 0 bridgehead atoms. The maximum Gasteiger partial charge on any atom is 0.250 e. The van der Waals surface area contributed by atoms with E-state index in [1.165, 1.54) is 14.2 Å². The van der Waals surface area contributed by atoms with E-state index in [1.54, 1.807) is 25.3 Å². The van der Waals surface area contributed by atoms with Gasteiger partial charge >= 0.3 is 0 Å². The number of methoxy groups -OCH3 is 3. The first-order chi connectivity index (χ1) is 26.7. The van der Waals surface area contributed by atoms with E-state index in [1.807, 2.05) is 103 Å². The second-order valence-corrected chi connectivity index (χ2v) is 21.7. The Labute approximate surface area is 333 Å². The Morgan fingerprint density at radius 1 is 0.732 bits per heavy atom. The van der Waals surface area contributed by atoms with Crippen molar-refractivity contribution in [1.82, 2.24) is 4.72 Å². The minimum atomic E-state index is -4.25. The predicted molar refractivity (Wildman–Crippen MR) is 226 cm³/mol. The molecule has 11 heteroatoms. The van der Waals surface area contributed by atoms with Gasteiger partial charge in [0.15, 0.2) is 6.29 Å². The molecule has 0 amide bonds. The Hall–Kier alpha value is -4.33. The SMILES string of the molecule is C=C(c1cc(OC)ccc1O[Si](C)(C)C(C)(C)C)[C@H](OCc1ccccc1)[C@@H](NS(=O)(=O)c1ccc2ccccc2c1)[C@H](OCc1ccccc1)C(OC)OC. The highest BCUT2D eigenvalue weighted by Crippen LogP contribution is 2.42. The van der Waals surface area contributed by atoms with E-state index in [0.717, 1.165) is 21.9 Å². The van der Waals surface area contributed by atoms with Crippen LogP contribution in [0.2, 0.25) is 18.1 Å². The van der Waals surface area contributed by atoms with Crippen molar-refractivity contribution in [1.29, 1.82) is 0 Å². The zero-order valence-electron chi connectivity index (χ0n) is 33.7. The average Bonchev–Trinajstić information content (AvgIpc) is 3.19. The Morgan fingerprint density at radius 2 is 1.30 bits per heavy atom. The maximum absolute atomic E-state index is 14.7. The van der Waals surface area contributed by atoms with Gasteiger partial charge in [-0.1, -0.05) is 118 Å². The molecule has 0 radical (unpaired) electrons. The monoisotopic (exact) mass is 797 g/mol. The molecule has 5 aromatic carbocycles. The summed E-state index contributed by atoms with van der Waals surface area (Å²) in [7, 11) is -2.07. The van der Waals surface area contributed by atoms with Crippen LogP contribution in [0.5, 0.6) is 11.5 Å². The smallest absolute Gasteiger partial charge is 0.250 e. The van der Waals surface area contributed by atoms with Crippen LogP contribution in [0.3, 0.4) is 0 Å². The number of hydrogen-bond donors (Lipinski definition) is 1. The molecule has 5 aromatic rings. The molecule has 0 unspecified atom stereocenters. The average molecular weight is 798 g/mol. The molecular weight excluding hydrogens is 743 g/mol. The van der Waals surface area contributed by atoms with E-state index in [9.17, 15) is 8.42 Å². The molecule has 0 aliphatic heterocycles. The van der Waals surface area contributed by atoms with Crippen LogP contribution in [0, 0.1) is 0 Å². The molecule has 0 heterocycles. The van der Waals surface area contributed by atoms with Gasteiger partial charge in [0.1, 0.15) is 23.7 Å². The van der Waals surface area contributed by atoms with Gasteiger partial charge in [0, 0.05) is 19.8 Å². The van der Waals surface area contributed by atoms with Crippen molar-refractivity contribution in [3.63, 3.8) is 0 Å². The Balaban J connectivity index is 1.70. The van der Waals surface area contributed by atoms with Gasteiger partial charge in [0.05, 0.1) is 31.3 Å². The number of rotatable bonds is 19. The third-order valence-electron chi connectivity index (χ3n) is 10.3. The van der Waals surface area contributed by atoms with Gasteiger partial charge in [-0.15, -0.1) is 0 Å². The molecule has 0 spiro atoms. The highest BCUT2D eigenvalue weighted by Gasteiger charge is 2.43. The summed E-state index contributed by atoms with van der Waals surface area (Å²) < 4.78 is 70.3. The normalized spacial score (nSPS) is 14.0. The van der Waals surface area contributed by atoms with Crippen LogP contribution in [0.4, 0.5) is 0 Å². The fraction of sp³-hybridized carbons (Fsp3) is 0.333. The molecule has 5 rings (SSSR count). The van der Waals surface area contributed by atoms with Gasteiger partial charge in [0.2, 0.25) is 10.0 Å². The number of hydrogen-bond acceptors (Lipinski definition) is 8. The molecule has 0 aromatic heterocycles. The second kappa shape index (κ2) is 18.7. The Bertz CT molecular complexity index is 2150. The molecule has 0 saturated heterocycles. The zero-order valence-corrected chi connectivity index (χ0v) is 35.5. The van der Waals surface area contributed by atoms with Gasteiger partial charge in [-0.25, -0.2) is 13.1 Å². The summed E-state index contributed by atoms with van der Waals surface area (Å²) in [5.74, 6) is 1.16. The summed E-state index contributed by atoms with van der Waals surface area (Å²) in [6.07, 6.45) is -3.16. The Morgan fingerprint density at radius 3 is 1.88 bits per heavy atom. The Kier molecular flexibility index (Phi) is 14.3. The van der Waals surface area contributed by atoms with Gasteiger partial charge in [0.25, 0.3) is 8.32 Å². The van der Waals surface area contributed by atoms with Gasteiger partial charge in [-0.3, -0.25) is 0 Å². The summed E-state index contributed by atoms with van der Waals surface area (Å²) in [5, 5.41) is 1.57. The van der Waals surface area contributed by atoms with Crippen molar-refractivity contribution in [3.8, 4) is 11.5 Å². The number of ether oxygens (including phenoxy) is 5. The van der Waals surface area contributed by atoms with Crippen LogP contribution >= 0.6 is 0 Å². The minimum Gasteiger partial charge on any atom is -0.543 e. The summed E-state index contributed by atoms with van der Waals surface area (Å²) >= 11 is 0. The van der Waals surface area contributed by atoms with E-state index >= 15 is 0 Å². The first kappa shape index (κ1) is 42.8. The van der Waals surface area contributed by atoms with Crippen molar-refractivity contribution in [2.45, 2.75) is 81.6 Å². The fourth-order valence-corrected chi connectivity index (χ4v) is 8.42. The molecule has 9 nitrogen and oxygen atoms in total. The van der Waals surface area contributed by atoms with Crippen molar-refractivity contribution >= 4 is 34.7 Å². The van der Waals surface area contributed by atoms with E-state index in [-0.39, 0.29) is 23.1 Å². The largest absolute Gasteiger partial charge is 0.543 e. The molecule has 0 fully saturated rings. The maximum atomic E-state index is 14.7.